The van der Waals surface area contributed by atoms with Crippen LogP contribution in [0.25, 0.3) is 0 Å². The molecule has 0 aromatic carbocycles. The van der Waals surface area contributed by atoms with Gasteiger partial charge in [0, 0.05) is 26.1 Å². The average Bonchev–Trinajstić information content (AvgIpc) is 3.35. The number of fused-ring (bicyclic) bond motifs is 1. The summed E-state index contributed by atoms with van der Waals surface area (Å²) in [5.41, 5.74) is 0. The van der Waals surface area contributed by atoms with E-state index in [0.29, 0.717) is 18.4 Å². The van der Waals surface area contributed by atoms with Gasteiger partial charge in [-0.3, -0.25) is 9.48 Å². The molecule has 2 saturated heterocycles. The Labute approximate surface area is 179 Å². The first-order valence-corrected chi connectivity index (χ1v) is 9.70. The van der Waals surface area contributed by atoms with Crippen LogP contribution >= 0.6 is 0 Å². The fourth-order valence-electron chi connectivity index (χ4n) is 4.20. The predicted molar refractivity (Wildman–Crippen MR) is 101 cm³/mol. The highest BCUT2D eigenvalue weighted by Crippen LogP contribution is 2.37. The van der Waals surface area contributed by atoms with E-state index in [0.717, 1.165) is 25.9 Å². The van der Waals surface area contributed by atoms with Gasteiger partial charge in [0.2, 0.25) is 11.9 Å². The van der Waals surface area contributed by atoms with Crippen molar-refractivity contribution in [2.75, 3.05) is 18.0 Å². The molecule has 32 heavy (non-hydrogen) atoms. The number of carboxylic acid groups (broad SMARTS) is 1. The van der Waals surface area contributed by atoms with Crippen LogP contribution in [0.3, 0.4) is 0 Å². The molecule has 0 bridgehead atoms. The number of hydrogen-bond acceptors (Lipinski definition) is 7. The fourth-order valence-corrected chi connectivity index (χ4v) is 4.20. The van der Waals surface area contributed by atoms with Crippen molar-refractivity contribution in [1.29, 1.82) is 0 Å². The molecule has 4 rings (SSSR count). The third kappa shape index (κ3) is 5.48. The first-order valence-electron chi connectivity index (χ1n) is 9.70. The first-order chi connectivity index (χ1) is 15.1. The summed E-state index contributed by atoms with van der Waals surface area (Å²) in [6, 6.07) is 0.339. The van der Waals surface area contributed by atoms with Crippen LogP contribution < -0.4 is 4.90 Å². The summed E-state index contributed by atoms with van der Waals surface area (Å²) in [6.07, 6.45) is 2.25. The van der Waals surface area contributed by atoms with Gasteiger partial charge in [0.05, 0.1) is 25.0 Å². The summed E-state index contributed by atoms with van der Waals surface area (Å²) in [5, 5.41) is 11.3. The zero-order valence-electron chi connectivity index (χ0n) is 17.0. The third-order valence-electron chi connectivity index (χ3n) is 5.38. The van der Waals surface area contributed by atoms with E-state index in [1.165, 1.54) is 18.7 Å². The zero-order chi connectivity index (χ0) is 23.5. The maximum Gasteiger partial charge on any atom is 0.490 e. The summed E-state index contributed by atoms with van der Waals surface area (Å²) in [4.78, 5) is 37.4. The molecule has 0 aliphatic carbocycles. The Balaban J connectivity index is 0.000000360. The smallest absolute Gasteiger partial charge is 0.475 e. The van der Waals surface area contributed by atoms with Gasteiger partial charge in [0.1, 0.15) is 12.7 Å². The highest BCUT2D eigenvalue weighted by Gasteiger charge is 2.45. The van der Waals surface area contributed by atoms with Crippen molar-refractivity contribution in [3.05, 3.63) is 30.9 Å². The van der Waals surface area contributed by atoms with Crippen LogP contribution in [0.1, 0.15) is 19.8 Å². The molecule has 0 radical (unpaired) electrons. The minimum absolute atomic E-state index is 0.101. The average molecular weight is 459 g/mol. The summed E-state index contributed by atoms with van der Waals surface area (Å²) in [6.45, 7) is 3.81. The molecule has 2 aliphatic rings. The van der Waals surface area contributed by atoms with E-state index in [4.69, 9.17) is 9.90 Å². The number of anilines is 1. The summed E-state index contributed by atoms with van der Waals surface area (Å²) in [7, 11) is 0. The number of likely N-dealkylation sites (tertiary alicyclic amines) is 1. The Morgan fingerprint density at radius 2 is 1.91 bits per heavy atom. The van der Waals surface area contributed by atoms with E-state index < -0.39 is 18.0 Å². The van der Waals surface area contributed by atoms with Gasteiger partial charge in [-0.15, -0.1) is 0 Å². The molecule has 2 aromatic heterocycles. The number of alkyl halides is 3. The summed E-state index contributed by atoms with van der Waals surface area (Å²) in [5.74, 6) is -2.19. The lowest BCUT2D eigenvalue weighted by Gasteiger charge is -2.38. The maximum atomic E-state index is 13.0. The quantitative estimate of drug-likeness (QED) is 0.684. The molecule has 14 heteroatoms. The molecular weight excluding hydrogens is 438 g/mol. The SMILES string of the molecule is CC(=O)N1[C@H](Cn2cncn2)C[C@@H]2CN(c3ncc(F)cn3)CC[C@@H]21.O=C(O)C(F)(F)F. The van der Waals surface area contributed by atoms with Crippen LogP contribution in [0.2, 0.25) is 0 Å². The van der Waals surface area contributed by atoms with E-state index in [1.807, 2.05) is 4.90 Å². The Hall–Kier alpha value is -3.32. The van der Waals surface area contributed by atoms with Crippen molar-refractivity contribution in [2.24, 2.45) is 5.92 Å². The predicted octanol–water partition coefficient (Wildman–Crippen LogP) is 1.36. The lowest BCUT2D eigenvalue weighted by molar-refractivity contribution is -0.192. The van der Waals surface area contributed by atoms with Crippen molar-refractivity contribution < 1.29 is 32.3 Å². The van der Waals surface area contributed by atoms with Gasteiger partial charge in [0.15, 0.2) is 5.82 Å². The largest absolute Gasteiger partial charge is 0.490 e. The molecule has 0 spiro atoms. The maximum absolute atomic E-state index is 13.0. The van der Waals surface area contributed by atoms with Crippen molar-refractivity contribution in [3.63, 3.8) is 0 Å². The molecule has 2 fully saturated rings. The zero-order valence-corrected chi connectivity index (χ0v) is 17.0. The molecule has 1 amide bonds. The number of amides is 1. The number of aromatic nitrogens is 5. The van der Waals surface area contributed by atoms with Gasteiger partial charge < -0.3 is 14.9 Å². The molecule has 3 atom stereocenters. The van der Waals surface area contributed by atoms with Crippen LogP contribution in [0, 0.1) is 11.7 Å². The lowest BCUT2D eigenvalue weighted by atomic mass is 9.92. The number of hydrogen-bond donors (Lipinski definition) is 1. The van der Waals surface area contributed by atoms with Crippen LogP contribution in [0.5, 0.6) is 0 Å². The van der Waals surface area contributed by atoms with E-state index in [2.05, 4.69) is 25.0 Å². The van der Waals surface area contributed by atoms with Crippen molar-refractivity contribution in [2.45, 2.75) is 44.6 Å². The monoisotopic (exact) mass is 459 g/mol. The normalized spacial score (nSPS) is 22.7. The number of halogens is 4. The minimum atomic E-state index is -5.08. The van der Waals surface area contributed by atoms with Crippen LogP contribution in [-0.4, -0.2) is 78.0 Å². The number of piperidine rings is 1. The number of aliphatic carboxylic acids is 1. The van der Waals surface area contributed by atoms with E-state index in [9.17, 15) is 22.4 Å². The lowest BCUT2D eigenvalue weighted by Crippen LogP contribution is -2.49. The second-order valence-electron chi connectivity index (χ2n) is 7.50. The highest BCUT2D eigenvalue weighted by atomic mass is 19.4. The standard InChI is InChI=1S/C16H20FN7O.C2HF3O2/c1-11(25)24-14(8-23-10-18-9-21-23)4-12-7-22(3-2-15(12)24)16-19-5-13(17)6-20-16;3-2(4,5)1(6)7/h5-6,9-10,12,14-15H,2-4,7-8H2,1H3;(H,6,7)/t12-,14+,15+;/m1./s1. The van der Waals surface area contributed by atoms with E-state index >= 15 is 0 Å². The van der Waals surface area contributed by atoms with Crippen molar-refractivity contribution in [1.82, 2.24) is 29.6 Å². The van der Waals surface area contributed by atoms with Crippen LogP contribution in [0.4, 0.5) is 23.5 Å². The Morgan fingerprint density at radius 1 is 1.25 bits per heavy atom. The van der Waals surface area contributed by atoms with Gasteiger partial charge in [-0.05, 0) is 18.8 Å². The van der Waals surface area contributed by atoms with Gasteiger partial charge in [-0.2, -0.15) is 18.3 Å². The first kappa shape index (κ1) is 23.3. The van der Waals surface area contributed by atoms with Crippen LogP contribution in [-0.2, 0) is 16.1 Å². The Bertz CT molecular complexity index is 924. The fraction of sp³-hybridized carbons (Fsp3) is 0.556. The van der Waals surface area contributed by atoms with Gasteiger partial charge >= 0.3 is 12.1 Å². The van der Waals surface area contributed by atoms with Gasteiger partial charge in [0.25, 0.3) is 0 Å². The molecular formula is C18H21F4N7O3. The van der Waals surface area contributed by atoms with Gasteiger partial charge in [-0.25, -0.2) is 24.1 Å². The molecule has 174 valence electrons. The topological polar surface area (TPSA) is 117 Å². The van der Waals surface area contributed by atoms with Crippen LogP contribution in [0.15, 0.2) is 25.0 Å². The van der Waals surface area contributed by atoms with Crippen molar-refractivity contribution >= 4 is 17.8 Å². The van der Waals surface area contributed by atoms with Gasteiger partial charge in [-0.1, -0.05) is 0 Å². The molecule has 2 aliphatic heterocycles. The summed E-state index contributed by atoms with van der Waals surface area (Å²) < 4.78 is 46.6. The molecule has 1 N–H and O–H groups in total. The number of carboxylic acids is 1. The highest BCUT2D eigenvalue weighted by molar-refractivity contribution is 5.74. The Kier molecular flexibility index (Phi) is 6.89. The number of rotatable bonds is 3. The van der Waals surface area contributed by atoms with E-state index in [1.54, 1.807) is 17.9 Å². The molecule has 4 heterocycles. The molecule has 0 saturated carbocycles. The second kappa shape index (κ2) is 9.44. The molecule has 2 aromatic rings. The summed E-state index contributed by atoms with van der Waals surface area (Å²) >= 11 is 0. The third-order valence-corrected chi connectivity index (χ3v) is 5.38. The van der Waals surface area contributed by atoms with Crippen molar-refractivity contribution in [3.8, 4) is 0 Å². The number of nitrogens with zero attached hydrogens (tertiary/aromatic N) is 7. The Morgan fingerprint density at radius 3 is 2.44 bits per heavy atom. The second-order valence-corrected chi connectivity index (χ2v) is 7.50. The van der Waals surface area contributed by atoms with E-state index in [-0.39, 0.29) is 18.0 Å². The number of carbonyl (C=O) groups excluding carboxylic acids is 1. The molecule has 10 nitrogen and oxygen atoms in total. The number of carbonyl (C=O) groups is 2. The minimum Gasteiger partial charge on any atom is -0.475 e. The molecule has 0 unspecified atom stereocenters.